The van der Waals surface area contributed by atoms with Crippen molar-refractivity contribution >= 4 is 10.0 Å². The van der Waals surface area contributed by atoms with E-state index in [1.165, 1.54) is 7.11 Å². The third kappa shape index (κ3) is 2.79. The Balaban J connectivity index is 2.92. The number of ether oxygens (including phenoxy) is 1. The number of hydrogen-bond donors (Lipinski definition) is 0. The van der Waals surface area contributed by atoms with Crippen LogP contribution in [0.4, 0.5) is 8.78 Å². The second kappa shape index (κ2) is 5.91. The van der Waals surface area contributed by atoms with E-state index >= 15 is 0 Å². The van der Waals surface area contributed by atoms with E-state index in [0.717, 1.165) is 0 Å². The number of halogens is 2. The summed E-state index contributed by atoms with van der Waals surface area (Å²) in [6, 6.07) is 1.77. The molecule has 0 N–H and O–H groups in total. The number of nitrogens with zero attached hydrogens (tertiary/aromatic N) is 2. The third-order valence-corrected chi connectivity index (χ3v) is 5.58. The summed E-state index contributed by atoms with van der Waals surface area (Å²) in [6.45, 7) is -1.03. The van der Waals surface area contributed by atoms with Crippen molar-refractivity contribution in [2.45, 2.75) is 30.4 Å². The fourth-order valence-corrected chi connectivity index (χ4v) is 3.87. The Morgan fingerprint density at radius 3 is 2.44 bits per heavy atom. The largest absolute Gasteiger partial charge is 0.383 e. The van der Waals surface area contributed by atoms with Crippen molar-refractivity contribution in [3.05, 3.63) is 0 Å². The van der Waals surface area contributed by atoms with Gasteiger partial charge in [-0.1, -0.05) is 0 Å². The molecule has 18 heavy (non-hydrogen) atoms. The van der Waals surface area contributed by atoms with Crippen LogP contribution in [0.25, 0.3) is 0 Å². The first-order valence-corrected chi connectivity index (χ1v) is 7.01. The van der Waals surface area contributed by atoms with Gasteiger partial charge in [0.05, 0.1) is 19.2 Å². The number of rotatable bonds is 7. The monoisotopic (exact) mass is 282 g/mol. The SMILES string of the molecule is COCCN(CC(F)F)S(=O)(=O)C1(C#N)CCC1. The van der Waals surface area contributed by atoms with Gasteiger partial charge in [-0.25, -0.2) is 17.2 Å². The van der Waals surface area contributed by atoms with Gasteiger partial charge in [0.2, 0.25) is 10.0 Å². The van der Waals surface area contributed by atoms with Crippen LogP contribution < -0.4 is 0 Å². The smallest absolute Gasteiger partial charge is 0.252 e. The second-order valence-corrected chi connectivity index (χ2v) is 6.45. The molecule has 0 aliphatic heterocycles. The van der Waals surface area contributed by atoms with Crippen LogP contribution in [0.3, 0.4) is 0 Å². The standard InChI is InChI=1S/C10H16F2N2O3S/c1-17-6-5-14(7-9(11)12)18(15,16)10(8-13)3-2-4-10/h9H,2-7H2,1H3. The minimum absolute atomic E-state index is 0.0213. The zero-order valence-electron chi connectivity index (χ0n) is 10.1. The lowest BCUT2D eigenvalue weighted by atomic mass is 9.86. The zero-order valence-corrected chi connectivity index (χ0v) is 10.9. The Labute approximate surface area is 105 Å². The molecular formula is C10H16F2N2O3S. The van der Waals surface area contributed by atoms with Gasteiger partial charge in [0.15, 0.2) is 4.75 Å². The summed E-state index contributed by atoms with van der Waals surface area (Å²) in [4.78, 5) is 0. The predicted octanol–water partition coefficient (Wildman–Crippen LogP) is 0.976. The van der Waals surface area contributed by atoms with Crippen molar-refractivity contribution in [1.82, 2.24) is 4.31 Å². The van der Waals surface area contributed by atoms with Crippen LogP contribution in [0.15, 0.2) is 0 Å². The molecule has 1 aliphatic carbocycles. The Morgan fingerprint density at radius 2 is 2.11 bits per heavy atom. The molecule has 0 aromatic rings. The molecule has 0 atom stereocenters. The van der Waals surface area contributed by atoms with Gasteiger partial charge < -0.3 is 4.74 Å². The van der Waals surface area contributed by atoms with E-state index in [-0.39, 0.29) is 26.0 Å². The molecule has 1 fully saturated rings. The number of alkyl halides is 2. The molecule has 0 saturated heterocycles. The van der Waals surface area contributed by atoms with Crippen LogP contribution in [-0.2, 0) is 14.8 Å². The van der Waals surface area contributed by atoms with E-state index in [4.69, 9.17) is 10.00 Å². The summed E-state index contributed by atoms with van der Waals surface area (Å²) in [5, 5.41) is 9.01. The van der Waals surface area contributed by atoms with Gasteiger partial charge in [-0.2, -0.15) is 9.57 Å². The second-order valence-electron chi connectivity index (χ2n) is 4.21. The first-order chi connectivity index (χ1) is 8.39. The van der Waals surface area contributed by atoms with E-state index in [2.05, 4.69) is 0 Å². The van der Waals surface area contributed by atoms with Gasteiger partial charge in [-0.15, -0.1) is 0 Å². The number of sulfonamides is 1. The lowest BCUT2D eigenvalue weighted by molar-refractivity contribution is 0.104. The van der Waals surface area contributed by atoms with Crippen LogP contribution >= 0.6 is 0 Å². The number of nitriles is 1. The van der Waals surface area contributed by atoms with E-state index in [9.17, 15) is 17.2 Å². The van der Waals surface area contributed by atoms with Gasteiger partial charge in [0, 0.05) is 13.7 Å². The number of hydrogen-bond acceptors (Lipinski definition) is 4. The van der Waals surface area contributed by atoms with Crippen LogP contribution in [0.2, 0.25) is 0 Å². The highest BCUT2D eigenvalue weighted by atomic mass is 32.2. The summed E-state index contributed by atoms with van der Waals surface area (Å²) < 4.78 is 53.2. The van der Waals surface area contributed by atoms with Crippen molar-refractivity contribution in [3.63, 3.8) is 0 Å². The molecule has 1 aliphatic rings. The summed E-state index contributed by atoms with van der Waals surface area (Å²) in [5.74, 6) is 0. The van der Waals surface area contributed by atoms with Gasteiger partial charge >= 0.3 is 0 Å². The van der Waals surface area contributed by atoms with Gasteiger partial charge in [0.1, 0.15) is 0 Å². The molecule has 104 valence electrons. The molecule has 0 spiro atoms. The zero-order chi connectivity index (χ0) is 13.8. The maximum Gasteiger partial charge on any atom is 0.252 e. The highest BCUT2D eigenvalue weighted by Gasteiger charge is 2.52. The third-order valence-electron chi connectivity index (χ3n) is 3.09. The minimum Gasteiger partial charge on any atom is -0.383 e. The molecule has 1 rings (SSSR count). The van der Waals surface area contributed by atoms with E-state index < -0.39 is 27.7 Å². The normalized spacial score (nSPS) is 18.7. The highest BCUT2D eigenvalue weighted by Crippen LogP contribution is 2.40. The molecule has 8 heteroatoms. The molecular weight excluding hydrogens is 266 g/mol. The average Bonchev–Trinajstić information content (AvgIpc) is 2.22. The Hall–Kier alpha value is -0.780. The van der Waals surface area contributed by atoms with E-state index in [1.807, 2.05) is 0 Å². The van der Waals surface area contributed by atoms with Crippen LogP contribution in [0, 0.1) is 11.3 Å². The van der Waals surface area contributed by atoms with E-state index in [0.29, 0.717) is 10.7 Å². The molecule has 1 saturated carbocycles. The van der Waals surface area contributed by atoms with Crippen molar-refractivity contribution < 1.29 is 21.9 Å². The minimum atomic E-state index is -4.03. The lowest BCUT2D eigenvalue weighted by Crippen LogP contribution is -2.53. The summed E-state index contributed by atoms with van der Waals surface area (Å²) in [7, 11) is -2.67. The molecule has 0 amide bonds. The highest BCUT2D eigenvalue weighted by molar-refractivity contribution is 7.90. The Bertz CT molecular complexity index is 415. The molecule has 5 nitrogen and oxygen atoms in total. The van der Waals surface area contributed by atoms with E-state index in [1.54, 1.807) is 6.07 Å². The molecule has 0 unspecified atom stereocenters. The average molecular weight is 282 g/mol. The van der Waals surface area contributed by atoms with Gasteiger partial charge in [-0.05, 0) is 19.3 Å². The Morgan fingerprint density at radius 1 is 1.50 bits per heavy atom. The summed E-state index contributed by atoms with van der Waals surface area (Å²) in [6.07, 6.45) is -1.73. The van der Waals surface area contributed by atoms with Crippen molar-refractivity contribution in [1.29, 1.82) is 5.26 Å². The summed E-state index contributed by atoms with van der Waals surface area (Å²) >= 11 is 0. The fraction of sp³-hybridized carbons (Fsp3) is 0.900. The fourth-order valence-electron chi connectivity index (χ4n) is 1.83. The Kier molecular flexibility index (Phi) is 5.01. The molecule has 0 radical (unpaired) electrons. The lowest BCUT2D eigenvalue weighted by Gasteiger charge is -2.38. The van der Waals surface area contributed by atoms with Crippen LogP contribution in [0.1, 0.15) is 19.3 Å². The molecule has 0 heterocycles. The van der Waals surface area contributed by atoms with Crippen molar-refractivity contribution in [2.24, 2.45) is 0 Å². The first-order valence-electron chi connectivity index (χ1n) is 5.57. The molecule has 0 bridgehead atoms. The van der Waals surface area contributed by atoms with Gasteiger partial charge in [-0.3, -0.25) is 0 Å². The van der Waals surface area contributed by atoms with Crippen molar-refractivity contribution in [3.8, 4) is 6.07 Å². The first kappa shape index (κ1) is 15.3. The van der Waals surface area contributed by atoms with Crippen LogP contribution in [-0.4, -0.2) is 50.7 Å². The molecule has 0 aromatic carbocycles. The maximum absolute atomic E-state index is 12.4. The maximum atomic E-state index is 12.4. The topological polar surface area (TPSA) is 70.4 Å². The predicted molar refractivity (Wildman–Crippen MR) is 60.6 cm³/mol. The summed E-state index contributed by atoms with van der Waals surface area (Å²) in [5.41, 5.74) is 0. The molecule has 0 aromatic heterocycles. The van der Waals surface area contributed by atoms with Gasteiger partial charge in [0.25, 0.3) is 6.43 Å². The number of methoxy groups -OCH3 is 1. The quantitative estimate of drug-likeness (QED) is 0.698. The van der Waals surface area contributed by atoms with Crippen molar-refractivity contribution in [2.75, 3.05) is 26.8 Å². The van der Waals surface area contributed by atoms with Crippen LogP contribution in [0.5, 0.6) is 0 Å².